The second-order valence-electron chi connectivity index (χ2n) is 4.59. The maximum atomic E-state index is 12.2. The molecule has 7 heteroatoms. The summed E-state index contributed by atoms with van der Waals surface area (Å²) in [5, 5.41) is 9.03. The Morgan fingerprint density at radius 2 is 2.22 bits per heavy atom. The Balaban J connectivity index is 2.18. The van der Waals surface area contributed by atoms with Crippen LogP contribution < -0.4 is 5.73 Å². The zero-order valence-corrected chi connectivity index (χ0v) is 11.5. The highest BCUT2D eigenvalue weighted by atomic mass is 79.9. The molecule has 1 amide bonds. The molecule has 0 radical (unpaired) electrons. The number of carboxylic acid groups (broad SMARTS) is 1. The van der Waals surface area contributed by atoms with Gasteiger partial charge in [0, 0.05) is 30.8 Å². The lowest BCUT2D eigenvalue weighted by Gasteiger charge is -2.20. The lowest BCUT2D eigenvalue weighted by Crippen LogP contribution is -2.50. The molecule has 1 aliphatic rings. The number of aromatic nitrogens is 1. The third kappa shape index (κ3) is 2.15. The molecule has 1 aromatic heterocycles. The number of carbonyl (C=O) groups is 2. The molecule has 1 fully saturated rings. The van der Waals surface area contributed by atoms with Gasteiger partial charge >= 0.3 is 5.97 Å². The van der Waals surface area contributed by atoms with E-state index in [1.807, 2.05) is 0 Å². The number of likely N-dealkylation sites (tertiary alicyclic amines) is 1. The normalized spacial score (nSPS) is 23.4. The number of halogens is 1. The van der Waals surface area contributed by atoms with Gasteiger partial charge in [0.05, 0.1) is 0 Å². The van der Waals surface area contributed by atoms with Gasteiger partial charge in [-0.3, -0.25) is 9.59 Å². The minimum absolute atomic E-state index is 0.0456. The summed E-state index contributed by atoms with van der Waals surface area (Å²) in [5.41, 5.74) is 4.93. The molecular weight excluding hydrogens is 302 g/mol. The summed E-state index contributed by atoms with van der Waals surface area (Å²) in [5.74, 6) is -1.26. The van der Waals surface area contributed by atoms with Crippen LogP contribution in [0.5, 0.6) is 0 Å². The number of aryl methyl sites for hydroxylation is 1. The molecule has 0 bridgehead atoms. The summed E-state index contributed by atoms with van der Waals surface area (Å²) in [6, 6.07) is 1.71. The van der Waals surface area contributed by atoms with E-state index in [2.05, 4.69) is 15.9 Å². The largest absolute Gasteiger partial charge is 0.480 e. The van der Waals surface area contributed by atoms with Crippen molar-refractivity contribution in [2.24, 2.45) is 12.8 Å². The molecule has 0 saturated carbocycles. The number of hydrogen-bond acceptors (Lipinski definition) is 3. The third-order valence-electron chi connectivity index (χ3n) is 3.20. The van der Waals surface area contributed by atoms with Gasteiger partial charge in [0.25, 0.3) is 5.91 Å². The van der Waals surface area contributed by atoms with Crippen molar-refractivity contribution in [1.29, 1.82) is 0 Å². The minimum atomic E-state index is -1.32. The molecule has 2 rings (SSSR count). The van der Waals surface area contributed by atoms with Crippen LogP contribution in [0.2, 0.25) is 0 Å². The average Bonchev–Trinajstić information content (AvgIpc) is 2.82. The fourth-order valence-corrected chi connectivity index (χ4v) is 2.60. The lowest BCUT2D eigenvalue weighted by molar-refractivity contribution is -0.142. The van der Waals surface area contributed by atoms with E-state index < -0.39 is 11.5 Å². The second-order valence-corrected chi connectivity index (χ2v) is 5.51. The van der Waals surface area contributed by atoms with Gasteiger partial charge in [-0.05, 0) is 28.4 Å². The summed E-state index contributed by atoms with van der Waals surface area (Å²) in [7, 11) is 1.76. The van der Waals surface area contributed by atoms with E-state index in [1.54, 1.807) is 23.9 Å². The highest BCUT2D eigenvalue weighted by Crippen LogP contribution is 2.22. The second kappa shape index (κ2) is 4.40. The number of nitrogens with zero attached hydrogens (tertiary/aromatic N) is 2. The Hall–Kier alpha value is -1.34. The van der Waals surface area contributed by atoms with E-state index in [0.29, 0.717) is 12.2 Å². The molecule has 18 heavy (non-hydrogen) atoms. The molecule has 0 spiro atoms. The fourth-order valence-electron chi connectivity index (χ4n) is 2.08. The minimum Gasteiger partial charge on any atom is -0.480 e. The van der Waals surface area contributed by atoms with Crippen LogP contribution in [-0.2, 0) is 11.8 Å². The number of carbonyl (C=O) groups excluding carboxylic acids is 1. The molecule has 1 saturated heterocycles. The standard InChI is InChI=1S/C11H14BrN3O3/c1-14-5-7(12)4-8(14)9(16)15-3-2-11(13,6-15)10(17)18/h4-5H,2-3,6,13H2,1H3,(H,17,18). The highest BCUT2D eigenvalue weighted by molar-refractivity contribution is 9.10. The van der Waals surface area contributed by atoms with Gasteiger partial charge in [-0.25, -0.2) is 0 Å². The smallest absolute Gasteiger partial charge is 0.325 e. The van der Waals surface area contributed by atoms with E-state index in [1.165, 1.54) is 4.90 Å². The molecule has 1 atom stereocenters. The zero-order valence-electron chi connectivity index (χ0n) is 9.89. The summed E-state index contributed by atoms with van der Waals surface area (Å²) >= 11 is 3.30. The van der Waals surface area contributed by atoms with E-state index in [0.717, 1.165) is 4.47 Å². The molecule has 0 aliphatic carbocycles. The SMILES string of the molecule is Cn1cc(Br)cc1C(=O)N1CCC(N)(C(=O)O)C1. The first-order valence-electron chi connectivity index (χ1n) is 5.47. The highest BCUT2D eigenvalue weighted by Gasteiger charge is 2.43. The van der Waals surface area contributed by atoms with Gasteiger partial charge in [-0.15, -0.1) is 0 Å². The summed E-state index contributed by atoms with van der Waals surface area (Å²) in [6.07, 6.45) is 2.05. The Morgan fingerprint density at radius 3 is 2.67 bits per heavy atom. The van der Waals surface area contributed by atoms with Crippen molar-refractivity contribution in [2.45, 2.75) is 12.0 Å². The first kappa shape index (κ1) is 13.1. The molecule has 6 nitrogen and oxygen atoms in total. The van der Waals surface area contributed by atoms with Crippen molar-refractivity contribution in [2.75, 3.05) is 13.1 Å². The lowest BCUT2D eigenvalue weighted by atomic mass is 10.0. The topological polar surface area (TPSA) is 88.6 Å². The Bertz CT molecular complexity index is 514. The van der Waals surface area contributed by atoms with Crippen LogP contribution in [0.3, 0.4) is 0 Å². The van der Waals surface area contributed by atoms with E-state index in [-0.39, 0.29) is 18.9 Å². The predicted octanol–water partition coefficient (Wildman–Crippen LogP) is 0.416. The van der Waals surface area contributed by atoms with Crippen molar-refractivity contribution in [3.8, 4) is 0 Å². The molecule has 1 aliphatic heterocycles. The molecule has 2 heterocycles. The number of hydrogen-bond donors (Lipinski definition) is 2. The number of aliphatic carboxylic acids is 1. The van der Waals surface area contributed by atoms with E-state index >= 15 is 0 Å². The van der Waals surface area contributed by atoms with Gasteiger partial charge in [0.1, 0.15) is 11.2 Å². The third-order valence-corrected chi connectivity index (χ3v) is 3.64. The Morgan fingerprint density at radius 1 is 1.56 bits per heavy atom. The van der Waals surface area contributed by atoms with E-state index in [9.17, 15) is 9.59 Å². The molecule has 0 aromatic carbocycles. The van der Waals surface area contributed by atoms with Gasteiger partial charge in [0.15, 0.2) is 0 Å². The molecular formula is C11H14BrN3O3. The number of nitrogens with two attached hydrogens (primary N) is 1. The van der Waals surface area contributed by atoms with Crippen LogP contribution in [0.4, 0.5) is 0 Å². The molecule has 98 valence electrons. The fraction of sp³-hybridized carbons (Fsp3) is 0.455. The quantitative estimate of drug-likeness (QED) is 0.827. The first-order chi connectivity index (χ1) is 8.33. The van der Waals surface area contributed by atoms with Gasteiger partial charge in [0.2, 0.25) is 0 Å². The van der Waals surface area contributed by atoms with Crippen molar-refractivity contribution >= 4 is 27.8 Å². The average molecular weight is 316 g/mol. The van der Waals surface area contributed by atoms with Crippen LogP contribution in [0.1, 0.15) is 16.9 Å². The number of carboxylic acids is 1. The van der Waals surface area contributed by atoms with Crippen LogP contribution in [0.15, 0.2) is 16.7 Å². The van der Waals surface area contributed by atoms with Gasteiger partial charge < -0.3 is 20.3 Å². The van der Waals surface area contributed by atoms with Crippen molar-refractivity contribution < 1.29 is 14.7 Å². The van der Waals surface area contributed by atoms with E-state index in [4.69, 9.17) is 10.8 Å². The Kier molecular flexibility index (Phi) is 3.20. The first-order valence-corrected chi connectivity index (χ1v) is 6.26. The summed E-state index contributed by atoms with van der Waals surface area (Å²) < 4.78 is 2.51. The molecule has 1 aromatic rings. The number of rotatable bonds is 2. The van der Waals surface area contributed by atoms with Crippen LogP contribution in [-0.4, -0.2) is 45.1 Å². The van der Waals surface area contributed by atoms with Crippen molar-refractivity contribution in [3.05, 3.63) is 22.4 Å². The molecule has 3 N–H and O–H groups in total. The van der Waals surface area contributed by atoms with Crippen molar-refractivity contribution in [1.82, 2.24) is 9.47 Å². The van der Waals surface area contributed by atoms with Crippen molar-refractivity contribution in [3.63, 3.8) is 0 Å². The van der Waals surface area contributed by atoms with Gasteiger partial charge in [-0.1, -0.05) is 0 Å². The predicted molar refractivity (Wildman–Crippen MR) is 68.2 cm³/mol. The zero-order chi connectivity index (χ0) is 13.5. The maximum Gasteiger partial charge on any atom is 0.325 e. The van der Waals surface area contributed by atoms with Gasteiger partial charge in [-0.2, -0.15) is 0 Å². The van der Waals surface area contributed by atoms with Crippen LogP contribution >= 0.6 is 15.9 Å². The monoisotopic (exact) mass is 315 g/mol. The molecule has 1 unspecified atom stereocenters. The Labute approximate surface area is 112 Å². The van der Waals surface area contributed by atoms with Crippen LogP contribution in [0, 0.1) is 0 Å². The number of amides is 1. The maximum absolute atomic E-state index is 12.2. The summed E-state index contributed by atoms with van der Waals surface area (Å²) in [6.45, 7) is 0.411. The summed E-state index contributed by atoms with van der Waals surface area (Å²) in [4.78, 5) is 24.7. The van der Waals surface area contributed by atoms with Crippen LogP contribution in [0.25, 0.3) is 0 Å².